The maximum Gasteiger partial charge on any atom is 0.418 e. The van der Waals surface area contributed by atoms with Crippen LogP contribution in [0, 0.1) is 0 Å². The van der Waals surface area contributed by atoms with Crippen LogP contribution in [0.15, 0.2) is 30.3 Å². The fourth-order valence-corrected chi connectivity index (χ4v) is 1.65. The molecule has 19 heavy (non-hydrogen) atoms. The van der Waals surface area contributed by atoms with Crippen LogP contribution in [0.25, 0.3) is 11.3 Å². The van der Waals surface area contributed by atoms with Gasteiger partial charge in [0.2, 0.25) is 0 Å². The minimum Gasteiger partial charge on any atom is -0.388 e. The molecule has 100 valence electrons. The number of anilines is 2. The molecule has 3 N–H and O–H groups in total. The number of hydrogen-bond donors (Lipinski definition) is 2. The fourth-order valence-electron chi connectivity index (χ4n) is 1.65. The van der Waals surface area contributed by atoms with Crippen LogP contribution in [-0.2, 0) is 6.18 Å². The second-order valence-electron chi connectivity index (χ2n) is 3.85. The summed E-state index contributed by atoms with van der Waals surface area (Å²) in [6, 6.07) is 6.88. The molecule has 1 heterocycles. The topological polar surface area (TPSA) is 63.8 Å². The first-order valence-electron chi connectivity index (χ1n) is 5.40. The summed E-state index contributed by atoms with van der Waals surface area (Å²) in [6.45, 7) is 0. The van der Waals surface area contributed by atoms with Gasteiger partial charge in [-0.15, -0.1) is 10.2 Å². The van der Waals surface area contributed by atoms with E-state index in [1.165, 1.54) is 19.2 Å². The van der Waals surface area contributed by atoms with Gasteiger partial charge in [-0.25, -0.2) is 0 Å². The van der Waals surface area contributed by atoms with Crippen LogP contribution in [0.1, 0.15) is 5.56 Å². The summed E-state index contributed by atoms with van der Waals surface area (Å²) >= 11 is 0. The molecule has 1 aromatic carbocycles. The SMILES string of the molecule is CNc1cc(-c2ccc(N)nn2)ccc1C(F)(F)F. The third-order valence-corrected chi connectivity index (χ3v) is 2.58. The van der Waals surface area contributed by atoms with Crippen LogP contribution in [0.2, 0.25) is 0 Å². The summed E-state index contributed by atoms with van der Waals surface area (Å²) in [5.41, 5.74) is 5.67. The molecule has 0 bridgehead atoms. The summed E-state index contributed by atoms with van der Waals surface area (Å²) in [5.74, 6) is 0.254. The number of nitrogens with zero attached hydrogens (tertiary/aromatic N) is 2. The van der Waals surface area contributed by atoms with Crippen LogP contribution in [0.3, 0.4) is 0 Å². The standard InChI is InChI=1S/C12H11F3N4/c1-17-10-6-7(2-3-8(10)12(13,14)15)9-4-5-11(16)19-18-9/h2-6,17H,1H3,(H2,16,19). The molecule has 0 aliphatic heterocycles. The Labute approximate surface area is 107 Å². The van der Waals surface area contributed by atoms with Gasteiger partial charge in [-0.2, -0.15) is 13.2 Å². The second-order valence-corrected chi connectivity index (χ2v) is 3.85. The molecule has 0 saturated heterocycles. The van der Waals surface area contributed by atoms with Crippen LogP contribution >= 0.6 is 0 Å². The maximum absolute atomic E-state index is 12.7. The van der Waals surface area contributed by atoms with Crippen molar-refractivity contribution >= 4 is 11.5 Å². The van der Waals surface area contributed by atoms with E-state index in [0.29, 0.717) is 11.3 Å². The molecule has 7 heteroatoms. The van der Waals surface area contributed by atoms with Gasteiger partial charge in [0.25, 0.3) is 0 Å². The molecule has 0 aliphatic carbocycles. The molecule has 0 unspecified atom stereocenters. The molecule has 2 rings (SSSR count). The predicted octanol–water partition coefficient (Wildman–Crippen LogP) is 2.79. The lowest BCUT2D eigenvalue weighted by Gasteiger charge is -2.13. The normalized spacial score (nSPS) is 11.4. The van der Waals surface area contributed by atoms with Crippen LogP contribution in [0.5, 0.6) is 0 Å². The third kappa shape index (κ3) is 2.75. The Morgan fingerprint density at radius 3 is 2.37 bits per heavy atom. The first-order chi connectivity index (χ1) is 8.91. The van der Waals surface area contributed by atoms with Gasteiger partial charge >= 0.3 is 6.18 Å². The van der Waals surface area contributed by atoms with Crippen molar-refractivity contribution in [2.24, 2.45) is 0 Å². The summed E-state index contributed by atoms with van der Waals surface area (Å²) in [7, 11) is 1.43. The summed E-state index contributed by atoms with van der Waals surface area (Å²) < 4.78 is 38.2. The minimum atomic E-state index is -4.40. The smallest absolute Gasteiger partial charge is 0.388 e. The lowest BCUT2D eigenvalue weighted by Crippen LogP contribution is -2.09. The highest BCUT2D eigenvalue weighted by molar-refractivity contribution is 5.68. The summed E-state index contributed by atoms with van der Waals surface area (Å²) in [5, 5.41) is 10.0. The molecule has 0 atom stereocenters. The molecule has 2 aromatic rings. The van der Waals surface area contributed by atoms with E-state index in [2.05, 4.69) is 15.5 Å². The van der Waals surface area contributed by atoms with Crippen molar-refractivity contribution < 1.29 is 13.2 Å². The summed E-state index contributed by atoms with van der Waals surface area (Å²) in [6.07, 6.45) is -4.40. The van der Waals surface area contributed by atoms with Crippen LogP contribution in [0.4, 0.5) is 24.7 Å². The van der Waals surface area contributed by atoms with E-state index in [4.69, 9.17) is 5.73 Å². The molecule has 0 spiro atoms. The highest BCUT2D eigenvalue weighted by atomic mass is 19.4. The molecule has 0 amide bonds. The average Bonchev–Trinajstić information content (AvgIpc) is 2.38. The fraction of sp³-hybridized carbons (Fsp3) is 0.167. The van der Waals surface area contributed by atoms with E-state index in [-0.39, 0.29) is 11.5 Å². The monoisotopic (exact) mass is 268 g/mol. The number of rotatable bonds is 2. The van der Waals surface area contributed by atoms with Gasteiger partial charge in [-0.3, -0.25) is 0 Å². The van der Waals surface area contributed by atoms with Crippen molar-refractivity contribution in [3.8, 4) is 11.3 Å². The zero-order valence-corrected chi connectivity index (χ0v) is 9.99. The van der Waals surface area contributed by atoms with Gasteiger partial charge in [0.15, 0.2) is 0 Å². The average molecular weight is 268 g/mol. The number of alkyl halides is 3. The highest BCUT2D eigenvalue weighted by Crippen LogP contribution is 2.36. The van der Waals surface area contributed by atoms with Crippen LogP contribution < -0.4 is 11.1 Å². The number of halogens is 3. The Hall–Kier alpha value is -2.31. The Morgan fingerprint density at radius 1 is 1.11 bits per heavy atom. The molecular weight excluding hydrogens is 257 g/mol. The molecule has 1 aromatic heterocycles. The first kappa shape index (κ1) is 13.1. The van der Waals surface area contributed by atoms with Crippen LogP contribution in [-0.4, -0.2) is 17.2 Å². The van der Waals surface area contributed by atoms with E-state index in [0.717, 1.165) is 6.07 Å². The van der Waals surface area contributed by atoms with Gasteiger partial charge in [-0.1, -0.05) is 6.07 Å². The molecule has 0 aliphatic rings. The third-order valence-electron chi connectivity index (χ3n) is 2.58. The van der Waals surface area contributed by atoms with Gasteiger partial charge in [-0.05, 0) is 24.3 Å². The Bertz CT molecular complexity index is 579. The minimum absolute atomic E-state index is 0.0105. The number of nitrogen functional groups attached to an aromatic ring is 1. The number of nitrogens with two attached hydrogens (primary N) is 1. The van der Waals surface area contributed by atoms with Crippen molar-refractivity contribution in [1.82, 2.24) is 10.2 Å². The highest BCUT2D eigenvalue weighted by Gasteiger charge is 2.33. The predicted molar refractivity (Wildman–Crippen MR) is 66.4 cm³/mol. The molecule has 0 fully saturated rings. The zero-order valence-electron chi connectivity index (χ0n) is 9.99. The van der Waals surface area contributed by atoms with Gasteiger partial charge < -0.3 is 11.1 Å². The van der Waals surface area contributed by atoms with E-state index >= 15 is 0 Å². The maximum atomic E-state index is 12.7. The van der Waals surface area contributed by atoms with Crippen molar-refractivity contribution in [2.75, 3.05) is 18.1 Å². The van der Waals surface area contributed by atoms with Gasteiger partial charge in [0.05, 0.1) is 11.3 Å². The molecule has 4 nitrogen and oxygen atoms in total. The lowest BCUT2D eigenvalue weighted by molar-refractivity contribution is -0.136. The number of benzene rings is 1. The second kappa shape index (κ2) is 4.75. The Morgan fingerprint density at radius 2 is 1.84 bits per heavy atom. The van der Waals surface area contributed by atoms with E-state index in [1.54, 1.807) is 12.1 Å². The zero-order chi connectivity index (χ0) is 14.0. The van der Waals surface area contributed by atoms with Crippen molar-refractivity contribution in [3.63, 3.8) is 0 Å². The van der Waals surface area contributed by atoms with Gasteiger partial charge in [0.1, 0.15) is 5.82 Å². The molecule has 0 saturated carbocycles. The number of aromatic nitrogens is 2. The quantitative estimate of drug-likeness (QED) is 0.879. The summed E-state index contributed by atoms with van der Waals surface area (Å²) in [4.78, 5) is 0. The Kier molecular flexibility index (Phi) is 3.28. The van der Waals surface area contributed by atoms with Crippen molar-refractivity contribution in [2.45, 2.75) is 6.18 Å². The number of nitrogens with one attached hydrogen (secondary N) is 1. The largest absolute Gasteiger partial charge is 0.418 e. The molecular formula is C12H11F3N4. The molecule has 0 radical (unpaired) electrons. The van der Waals surface area contributed by atoms with Crippen molar-refractivity contribution in [3.05, 3.63) is 35.9 Å². The number of hydrogen-bond acceptors (Lipinski definition) is 4. The Balaban J connectivity index is 2.47. The first-order valence-corrected chi connectivity index (χ1v) is 5.40. The van der Waals surface area contributed by atoms with E-state index < -0.39 is 11.7 Å². The van der Waals surface area contributed by atoms with Crippen molar-refractivity contribution in [1.29, 1.82) is 0 Å². The lowest BCUT2D eigenvalue weighted by atomic mass is 10.1. The van der Waals surface area contributed by atoms with Gasteiger partial charge in [0, 0.05) is 18.3 Å². The van der Waals surface area contributed by atoms with E-state index in [1.807, 2.05) is 0 Å². The van der Waals surface area contributed by atoms with E-state index in [9.17, 15) is 13.2 Å².